The Kier molecular flexibility index (Phi) is 10.6. The summed E-state index contributed by atoms with van der Waals surface area (Å²) >= 11 is 0. The fourth-order valence-corrected chi connectivity index (χ4v) is 4.81. The third-order valence-electron chi connectivity index (χ3n) is 7.19. The first-order chi connectivity index (χ1) is 21.1. The second-order valence-corrected chi connectivity index (χ2v) is 10.2. The number of benzene rings is 3. The Morgan fingerprint density at radius 2 is 1.86 bits per heavy atom. The van der Waals surface area contributed by atoms with Crippen molar-refractivity contribution in [3.63, 3.8) is 0 Å². The van der Waals surface area contributed by atoms with Crippen molar-refractivity contribution in [2.45, 2.75) is 19.8 Å². The number of aromatic nitrogens is 1. The molecule has 9 heteroatoms. The topological polar surface area (TPSA) is 94.5 Å². The van der Waals surface area contributed by atoms with Crippen molar-refractivity contribution in [2.24, 2.45) is 5.10 Å². The summed E-state index contributed by atoms with van der Waals surface area (Å²) in [5.74, 6) is 1.71. The van der Waals surface area contributed by atoms with Crippen LogP contribution >= 0.6 is 0 Å². The number of methoxy groups -OCH3 is 1. The molecule has 4 aromatic rings. The van der Waals surface area contributed by atoms with Gasteiger partial charge >= 0.3 is 0 Å². The molecular formula is C34H38N4O5. The lowest BCUT2D eigenvalue weighted by molar-refractivity contribution is 0.0321. The van der Waals surface area contributed by atoms with Gasteiger partial charge in [-0.2, -0.15) is 5.10 Å². The molecule has 0 saturated carbocycles. The molecule has 5 rings (SSSR count). The van der Waals surface area contributed by atoms with E-state index in [-0.39, 0.29) is 5.91 Å². The highest BCUT2D eigenvalue weighted by atomic mass is 16.5. The van der Waals surface area contributed by atoms with E-state index in [0.717, 1.165) is 73.5 Å². The van der Waals surface area contributed by atoms with Crippen LogP contribution in [0.25, 0.3) is 22.2 Å². The lowest BCUT2D eigenvalue weighted by atomic mass is 10.0. The maximum atomic E-state index is 13.4. The minimum Gasteiger partial charge on any atom is -0.494 e. The molecule has 1 N–H and O–H groups in total. The van der Waals surface area contributed by atoms with Gasteiger partial charge in [-0.25, -0.2) is 10.4 Å². The van der Waals surface area contributed by atoms with E-state index in [9.17, 15) is 4.79 Å². The van der Waals surface area contributed by atoms with E-state index >= 15 is 0 Å². The molecule has 1 amide bonds. The molecule has 1 fully saturated rings. The van der Waals surface area contributed by atoms with Crippen molar-refractivity contribution in [1.82, 2.24) is 15.3 Å². The monoisotopic (exact) mass is 582 g/mol. The van der Waals surface area contributed by atoms with Crippen LogP contribution in [0.3, 0.4) is 0 Å². The molecular weight excluding hydrogens is 544 g/mol. The Morgan fingerprint density at radius 3 is 2.70 bits per heavy atom. The lowest BCUT2D eigenvalue weighted by Crippen LogP contribution is -2.38. The number of rotatable bonds is 13. The number of pyridine rings is 1. The van der Waals surface area contributed by atoms with Gasteiger partial charge in [-0.15, -0.1) is 0 Å². The highest BCUT2D eigenvalue weighted by Gasteiger charge is 2.15. The van der Waals surface area contributed by atoms with Crippen molar-refractivity contribution in [3.05, 3.63) is 83.9 Å². The van der Waals surface area contributed by atoms with Crippen LogP contribution < -0.4 is 19.6 Å². The minimum absolute atomic E-state index is 0.332. The molecule has 0 radical (unpaired) electrons. The van der Waals surface area contributed by atoms with E-state index in [1.54, 1.807) is 19.4 Å². The maximum Gasteiger partial charge on any atom is 0.272 e. The van der Waals surface area contributed by atoms with Crippen molar-refractivity contribution in [1.29, 1.82) is 0 Å². The molecule has 1 aliphatic rings. The van der Waals surface area contributed by atoms with Crippen LogP contribution in [0.5, 0.6) is 17.2 Å². The number of hydrogen-bond acceptors (Lipinski definition) is 8. The SMILES string of the molecule is CCCCOc1cccc(-c2cc(C(=O)NN=Cc3ccc(OCCN4CCOCC4)c(OC)c3)c3ccccc3n2)c1. The largest absolute Gasteiger partial charge is 0.494 e. The van der Waals surface area contributed by atoms with Gasteiger partial charge in [0.15, 0.2) is 11.5 Å². The number of carbonyl (C=O) groups is 1. The number of carbonyl (C=O) groups excluding carboxylic acids is 1. The van der Waals surface area contributed by atoms with Gasteiger partial charge < -0.3 is 18.9 Å². The van der Waals surface area contributed by atoms with Gasteiger partial charge in [0.05, 0.1) is 49.9 Å². The Hall–Kier alpha value is -4.47. The van der Waals surface area contributed by atoms with Gasteiger partial charge in [0, 0.05) is 30.6 Å². The van der Waals surface area contributed by atoms with Crippen molar-refractivity contribution in [2.75, 3.05) is 53.2 Å². The second-order valence-electron chi connectivity index (χ2n) is 10.2. The first kappa shape index (κ1) is 30.0. The minimum atomic E-state index is -0.332. The molecule has 0 spiro atoms. The molecule has 224 valence electrons. The highest BCUT2D eigenvalue weighted by Crippen LogP contribution is 2.29. The molecule has 9 nitrogen and oxygen atoms in total. The highest BCUT2D eigenvalue weighted by molar-refractivity contribution is 6.07. The number of hydrazone groups is 1. The molecule has 2 heterocycles. The summed E-state index contributed by atoms with van der Waals surface area (Å²) < 4.78 is 22.8. The van der Waals surface area contributed by atoms with Crippen LogP contribution in [0, 0.1) is 0 Å². The van der Waals surface area contributed by atoms with Crippen molar-refractivity contribution < 1.29 is 23.7 Å². The quantitative estimate of drug-likeness (QED) is 0.125. The summed E-state index contributed by atoms with van der Waals surface area (Å²) in [6, 6.07) is 22.7. The molecule has 0 atom stereocenters. The van der Waals surface area contributed by atoms with Crippen LogP contribution in [0.2, 0.25) is 0 Å². The van der Waals surface area contributed by atoms with Crippen LogP contribution in [0.15, 0.2) is 77.9 Å². The van der Waals surface area contributed by atoms with Gasteiger partial charge in [0.2, 0.25) is 0 Å². The standard InChI is InChI=1S/C34H38N4O5/c1-3-4-17-42-27-9-7-8-26(22-27)31-23-29(28-10-5-6-11-30(28)36-31)34(39)37-35-24-25-12-13-32(33(21-25)40-2)43-20-16-38-14-18-41-19-15-38/h5-13,21-24H,3-4,14-20H2,1-2H3,(H,37,39). The number of unbranched alkanes of at least 4 members (excludes halogenated alkanes) is 1. The van der Waals surface area contributed by atoms with Gasteiger partial charge in [0.1, 0.15) is 12.4 Å². The Morgan fingerprint density at radius 1 is 1.00 bits per heavy atom. The zero-order chi connectivity index (χ0) is 29.9. The Balaban J connectivity index is 1.27. The number of fused-ring (bicyclic) bond motifs is 1. The lowest BCUT2D eigenvalue weighted by Gasteiger charge is -2.26. The maximum absolute atomic E-state index is 13.4. The summed E-state index contributed by atoms with van der Waals surface area (Å²) in [6.07, 6.45) is 3.64. The van der Waals surface area contributed by atoms with Crippen molar-refractivity contribution in [3.8, 4) is 28.5 Å². The first-order valence-corrected chi connectivity index (χ1v) is 14.7. The molecule has 1 saturated heterocycles. The zero-order valence-corrected chi connectivity index (χ0v) is 24.8. The number of amides is 1. The molecule has 3 aromatic carbocycles. The number of para-hydroxylation sites is 1. The molecule has 1 aromatic heterocycles. The second kappa shape index (κ2) is 15.1. The van der Waals surface area contributed by atoms with E-state index in [0.29, 0.717) is 36.0 Å². The summed E-state index contributed by atoms with van der Waals surface area (Å²) in [7, 11) is 1.60. The molecule has 1 aliphatic heterocycles. The van der Waals surface area contributed by atoms with E-state index < -0.39 is 0 Å². The van der Waals surface area contributed by atoms with Gasteiger partial charge in [-0.05, 0) is 54.4 Å². The van der Waals surface area contributed by atoms with Crippen LogP contribution in [0.4, 0.5) is 0 Å². The third kappa shape index (κ3) is 8.09. The van der Waals surface area contributed by atoms with Crippen LogP contribution in [-0.2, 0) is 4.74 Å². The average molecular weight is 583 g/mol. The molecule has 0 aliphatic carbocycles. The number of nitrogens with zero attached hydrogens (tertiary/aromatic N) is 3. The number of ether oxygens (including phenoxy) is 4. The van der Waals surface area contributed by atoms with Gasteiger partial charge in [-0.1, -0.05) is 43.7 Å². The zero-order valence-electron chi connectivity index (χ0n) is 24.8. The van der Waals surface area contributed by atoms with Gasteiger partial charge in [0.25, 0.3) is 5.91 Å². The summed E-state index contributed by atoms with van der Waals surface area (Å²) in [5, 5.41) is 4.98. The predicted octanol–water partition coefficient (Wildman–Crippen LogP) is 5.56. The summed E-state index contributed by atoms with van der Waals surface area (Å²) in [5.41, 5.74) is 6.20. The van der Waals surface area contributed by atoms with Gasteiger partial charge in [-0.3, -0.25) is 9.69 Å². The van der Waals surface area contributed by atoms with E-state index in [2.05, 4.69) is 22.4 Å². The molecule has 0 unspecified atom stereocenters. The fourth-order valence-electron chi connectivity index (χ4n) is 4.81. The average Bonchev–Trinajstić information content (AvgIpc) is 3.05. The fraction of sp³-hybridized carbons (Fsp3) is 0.324. The van der Waals surface area contributed by atoms with E-state index in [1.165, 1.54) is 0 Å². The number of hydrogen-bond donors (Lipinski definition) is 1. The molecule has 0 bridgehead atoms. The summed E-state index contributed by atoms with van der Waals surface area (Å²) in [6.45, 7) is 7.52. The van der Waals surface area contributed by atoms with Crippen LogP contribution in [0.1, 0.15) is 35.7 Å². The molecule has 43 heavy (non-hydrogen) atoms. The smallest absolute Gasteiger partial charge is 0.272 e. The van der Waals surface area contributed by atoms with E-state index in [1.807, 2.05) is 66.7 Å². The van der Waals surface area contributed by atoms with Crippen LogP contribution in [-0.4, -0.2) is 75.2 Å². The van der Waals surface area contributed by atoms with E-state index in [4.69, 9.17) is 23.9 Å². The normalized spacial score (nSPS) is 13.7. The Bertz CT molecular complexity index is 1550. The number of morpholine rings is 1. The predicted molar refractivity (Wildman–Crippen MR) is 168 cm³/mol. The Labute approximate surface area is 252 Å². The first-order valence-electron chi connectivity index (χ1n) is 14.7. The third-order valence-corrected chi connectivity index (χ3v) is 7.19. The number of nitrogens with one attached hydrogen (secondary N) is 1. The van der Waals surface area contributed by atoms with Crippen molar-refractivity contribution >= 4 is 23.0 Å². The summed E-state index contributed by atoms with van der Waals surface area (Å²) in [4.78, 5) is 20.5.